The van der Waals surface area contributed by atoms with Crippen LogP contribution in [0.5, 0.6) is 5.75 Å². The Labute approximate surface area is 205 Å². The number of carbonyl (C=O) groups is 1. The fourth-order valence-electron chi connectivity index (χ4n) is 4.14. The molecule has 2 heterocycles. The van der Waals surface area contributed by atoms with E-state index in [9.17, 15) is 13.2 Å². The summed E-state index contributed by atoms with van der Waals surface area (Å²) >= 11 is 0. The van der Waals surface area contributed by atoms with E-state index in [1.807, 2.05) is 12.1 Å². The van der Waals surface area contributed by atoms with Gasteiger partial charge < -0.3 is 15.0 Å². The summed E-state index contributed by atoms with van der Waals surface area (Å²) in [5, 5.41) is 15.7. The van der Waals surface area contributed by atoms with Gasteiger partial charge in [-0.15, -0.1) is 0 Å². The average Bonchev–Trinajstić information content (AvgIpc) is 3.25. The Bertz CT molecular complexity index is 1360. The van der Waals surface area contributed by atoms with Gasteiger partial charge in [0.15, 0.2) is 9.84 Å². The lowest BCUT2D eigenvalue weighted by molar-refractivity contribution is 0.101. The molecule has 2 N–H and O–H groups in total. The largest absolute Gasteiger partial charge is 0.497 e. The molecule has 0 saturated carbocycles. The highest BCUT2D eigenvalue weighted by Gasteiger charge is 2.22. The summed E-state index contributed by atoms with van der Waals surface area (Å²) in [6.45, 7) is 3.51. The number of nitrogens with zero attached hydrogens (tertiary/aromatic N) is 3. The van der Waals surface area contributed by atoms with Crippen LogP contribution in [0.2, 0.25) is 0 Å². The Hall–Kier alpha value is -3.66. The van der Waals surface area contributed by atoms with Gasteiger partial charge in [-0.2, -0.15) is 5.10 Å². The SMILES string of the molecule is COc1ccc(-n2nc(C)cc2C(=O)Nc2ccc(C(=N)N3CCCCC3)cc2)c(S(C)(=O)=O)c1. The number of rotatable bonds is 6. The summed E-state index contributed by atoms with van der Waals surface area (Å²) in [5.41, 5.74) is 2.38. The fourth-order valence-corrected chi connectivity index (χ4v) is 5.01. The fraction of sp³-hybridized carbons (Fsp3) is 0.320. The molecule has 1 amide bonds. The summed E-state index contributed by atoms with van der Waals surface area (Å²) in [6.07, 6.45) is 4.50. The number of hydrogen-bond acceptors (Lipinski definition) is 6. The highest BCUT2D eigenvalue weighted by Crippen LogP contribution is 2.27. The number of aryl methyl sites for hydroxylation is 1. The maximum Gasteiger partial charge on any atom is 0.274 e. The standard InChI is InChI=1S/C25H29N5O4S/c1-17-15-22(30(28-17)21-12-11-20(34-2)16-23(21)35(3,32)33)25(31)27-19-9-7-18(8-10-19)24(26)29-13-5-4-6-14-29/h7-12,15-16,26H,4-6,13-14H2,1-3H3,(H,27,31). The Morgan fingerprint density at radius 3 is 2.37 bits per heavy atom. The van der Waals surface area contributed by atoms with Gasteiger partial charge >= 0.3 is 0 Å². The number of hydrogen-bond donors (Lipinski definition) is 2. The van der Waals surface area contributed by atoms with E-state index < -0.39 is 15.7 Å². The monoisotopic (exact) mass is 495 g/mol. The topological polar surface area (TPSA) is 117 Å². The number of sulfone groups is 1. The van der Waals surface area contributed by atoms with Crippen LogP contribution in [-0.4, -0.2) is 61.3 Å². The molecule has 1 aromatic heterocycles. The molecule has 9 nitrogen and oxygen atoms in total. The van der Waals surface area contributed by atoms with E-state index in [1.54, 1.807) is 37.3 Å². The van der Waals surface area contributed by atoms with Crippen molar-refractivity contribution in [3.05, 3.63) is 65.5 Å². The molecular weight excluding hydrogens is 466 g/mol. The minimum atomic E-state index is -3.63. The number of amidine groups is 1. The summed E-state index contributed by atoms with van der Waals surface area (Å²) in [5.74, 6) is 0.447. The Morgan fingerprint density at radius 2 is 1.74 bits per heavy atom. The van der Waals surface area contributed by atoms with Gasteiger partial charge in [0, 0.05) is 36.7 Å². The molecule has 0 unspecified atom stereocenters. The number of anilines is 1. The highest BCUT2D eigenvalue weighted by atomic mass is 32.2. The Kier molecular flexibility index (Phi) is 6.93. The number of aromatic nitrogens is 2. The van der Waals surface area contributed by atoms with Crippen molar-refractivity contribution in [2.24, 2.45) is 0 Å². The lowest BCUT2D eigenvalue weighted by Crippen LogP contribution is -2.35. The van der Waals surface area contributed by atoms with Crippen LogP contribution in [0.1, 0.15) is 41.0 Å². The van der Waals surface area contributed by atoms with Crippen LogP contribution < -0.4 is 10.1 Å². The molecule has 10 heteroatoms. The zero-order valence-corrected chi connectivity index (χ0v) is 20.9. The zero-order valence-electron chi connectivity index (χ0n) is 20.0. The predicted octanol–water partition coefficient (Wildman–Crippen LogP) is 3.66. The van der Waals surface area contributed by atoms with Crippen molar-refractivity contribution < 1.29 is 17.9 Å². The molecule has 0 bridgehead atoms. The van der Waals surface area contributed by atoms with Crippen LogP contribution in [0, 0.1) is 12.3 Å². The van der Waals surface area contributed by atoms with Crippen molar-refractivity contribution in [3.8, 4) is 11.4 Å². The van der Waals surface area contributed by atoms with Gasteiger partial charge in [-0.25, -0.2) is 13.1 Å². The lowest BCUT2D eigenvalue weighted by atomic mass is 10.1. The first-order valence-electron chi connectivity index (χ1n) is 11.4. The molecule has 4 rings (SSSR count). The number of nitrogens with one attached hydrogen (secondary N) is 2. The maximum atomic E-state index is 13.2. The normalized spacial score (nSPS) is 14.0. The summed E-state index contributed by atoms with van der Waals surface area (Å²) < 4.78 is 31.4. The second kappa shape index (κ2) is 9.91. The molecule has 0 atom stereocenters. The van der Waals surface area contributed by atoms with Crippen molar-refractivity contribution in [1.29, 1.82) is 5.41 Å². The zero-order chi connectivity index (χ0) is 25.2. The van der Waals surface area contributed by atoms with Crippen molar-refractivity contribution >= 4 is 27.3 Å². The number of amides is 1. The molecule has 2 aromatic carbocycles. The second-order valence-electron chi connectivity index (χ2n) is 8.62. The van der Waals surface area contributed by atoms with Crippen molar-refractivity contribution in [2.75, 3.05) is 31.8 Å². The third kappa shape index (κ3) is 5.37. The minimum absolute atomic E-state index is 0.00887. The van der Waals surface area contributed by atoms with Gasteiger partial charge in [0.25, 0.3) is 5.91 Å². The Morgan fingerprint density at radius 1 is 1.06 bits per heavy atom. The van der Waals surface area contributed by atoms with E-state index in [-0.39, 0.29) is 16.3 Å². The summed E-state index contributed by atoms with van der Waals surface area (Å²) in [4.78, 5) is 15.3. The van der Waals surface area contributed by atoms with Gasteiger partial charge in [0.2, 0.25) is 0 Å². The smallest absolute Gasteiger partial charge is 0.274 e. The Balaban J connectivity index is 1.59. The van der Waals surface area contributed by atoms with Crippen molar-refractivity contribution in [2.45, 2.75) is 31.1 Å². The third-order valence-electron chi connectivity index (χ3n) is 5.95. The second-order valence-corrected chi connectivity index (χ2v) is 10.6. The molecule has 1 saturated heterocycles. The molecule has 1 fully saturated rings. The quantitative estimate of drug-likeness (QED) is 0.398. The van der Waals surface area contributed by atoms with E-state index in [2.05, 4.69) is 15.3 Å². The van der Waals surface area contributed by atoms with E-state index in [0.717, 1.165) is 37.8 Å². The van der Waals surface area contributed by atoms with Gasteiger partial charge in [0.1, 0.15) is 17.3 Å². The van der Waals surface area contributed by atoms with E-state index in [1.165, 1.54) is 24.3 Å². The minimum Gasteiger partial charge on any atom is -0.497 e. The van der Waals surface area contributed by atoms with Gasteiger partial charge in [-0.05, 0) is 68.7 Å². The van der Waals surface area contributed by atoms with Crippen LogP contribution in [0.4, 0.5) is 5.69 Å². The average molecular weight is 496 g/mol. The van der Waals surface area contributed by atoms with Crippen LogP contribution in [-0.2, 0) is 9.84 Å². The van der Waals surface area contributed by atoms with Crippen molar-refractivity contribution in [3.63, 3.8) is 0 Å². The first kappa shape index (κ1) is 24.5. The van der Waals surface area contributed by atoms with Crippen molar-refractivity contribution in [1.82, 2.24) is 14.7 Å². The van der Waals surface area contributed by atoms with Gasteiger partial charge in [0.05, 0.1) is 23.4 Å². The van der Waals surface area contributed by atoms with Gasteiger partial charge in [-0.1, -0.05) is 0 Å². The van der Waals surface area contributed by atoms with Gasteiger partial charge in [-0.3, -0.25) is 10.2 Å². The number of methoxy groups -OCH3 is 1. The summed E-state index contributed by atoms with van der Waals surface area (Å²) in [7, 11) is -2.17. The van der Waals surface area contributed by atoms with E-state index in [0.29, 0.717) is 23.0 Å². The highest BCUT2D eigenvalue weighted by molar-refractivity contribution is 7.90. The molecule has 184 valence electrons. The number of piperidine rings is 1. The lowest BCUT2D eigenvalue weighted by Gasteiger charge is -2.29. The molecule has 0 radical (unpaired) electrons. The third-order valence-corrected chi connectivity index (χ3v) is 7.07. The number of ether oxygens (including phenoxy) is 1. The molecule has 0 spiro atoms. The van der Waals surface area contributed by atoms with Crippen LogP contribution >= 0.6 is 0 Å². The van der Waals surface area contributed by atoms with E-state index in [4.69, 9.17) is 10.1 Å². The predicted molar refractivity (Wildman–Crippen MR) is 135 cm³/mol. The molecular formula is C25H29N5O4S. The molecule has 1 aliphatic heterocycles. The number of likely N-dealkylation sites (tertiary alicyclic amines) is 1. The first-order valence-corrected chi connectivity index (χ1v) is 13.3. The van der Waals surface area contributed by atoms with Crippen LogP contribution in [0.15, 0.2) is 53.4 Å². The molecule has 1 aliphatic rings. The maximum absolute atomic E-state index is 13.2. The number of benzene rings is 2. The van der Waals surface area contributed by atoms with Crippen LogP contribution in [0.25, 0.3) is 5.69 Å². The van der Waals surface area contributed by atoms with E-state index >= 15 is 0 Å². The molecule has 0 aliphatic carbocycles. The van der Waals surface area contributed by atoms with Crippen LogP contribution in [0.3, 0.4) is 0 Å². The first-order chi connectivity index (χ1) is 16.7. The molecule has 35 heavy (non-hydrogen) atoms. The summed E-state index contributed by atoms with van der Waals surface area (Å²) in [6, 6.07) is 13.4. The molecule has 3 aromatic rings. The number of carbonyl (C=O) groups excluding carboxylic acids is 1.